The van der Waals surface area contributed by atoms with Gasteiger partial charge in [-0.25, -0.2) is 9.13 Å². The van der Waals surface area contributed by atoms with Crippen LogP contribution in [0.3, 0.4) is 0 Å². The Morgan fingerprint density at radius 2 is 0.548 bits per heavy atom. The Labute approximate surface area is 511 Å². The van der Waals surface area contributed by atoms with E-state index in [0.717, 1.165) is 102 Å². The fourth-order valence-corrected chi connectivity index (χ4v) is 11.3. The van der Waals surface area contributed by atoms with E-state index in [1.165, 1.54) is 148 Å². The molecule has 2 unspecified atom stereocenters. The Balaban J connectivity index is 5.11. The van der Waals surface area contributed by atoms with Crippen molar-refractivity contribution in [2.45, 2.75) is 348 Å². The van der Waals surface area contributed by atoms with Gasteiger partial charge in [-0.05, 0) is 31.6 Å². The molecule has 0 saturated heterocycles. The molecular weight excluding hydrogens is 1110 g/mol. The Morgan fingerprint density at radius 3 is 0.810 bits per heavy atom. The average Bonchev–Trinajstić information content (AvgIpc) is 3.49. The van der Waals surface area contributed by atoms with Crippen molar-refractivity contribution in [3.8, 4) is 0 Å². The van der Waals surface area contributed by atoms with Crippen LogP contribution in [0.5, 0.6) is 0 Å². The second kappa shape index (κ2) is 58.7. The summed E-state index contributed by atoms with van der Waals surface area (Å²) in [6, 6.07) is 0. The van der Waals surface area contributed by atoms with Gasteiger partial charge < -0.3 is 33.8 Å². The maximum absolute atomic E-state index is 13.0. The highest BCUT2D eigenvalue weighted by Gasteiger charge is 2.30. The van der Waals surface area contributed by atoms with Crippen molar-refractivity contribution in [1.29, 1.82) is 0 Å². The molecule has 0 aromatic carbocycles. The third kappa shape index (κ3) is 59.0. The van der Waals surface area contributed by atoms with Crippen molar-refractivity contribution < 1.29 is 80.2 Å². The lowest BCUT2D eigenvalue weighted by molar-refractivity contribution is -0.161. The first kappa shape index (κ1) is 82.1. The third-order valence-electron chi connectivity index (χ3n) is 15.0. The third-order valence-corrected chi connectivity index (χ3v) is 16.9. The summed E-state index contributed by atoms with van der Waals surface area (Å²) in [7, 11) is -9.87. The standard InChI is InChI=1S/C65H126O17P2/c1-6-9-12-15-17-19-26-31-34-39-44-49-63(68)76-55-61(82-65(70)51-46-41-36-32-28-25-23-21-20-22-24-27-30-33-38-42-47-58(4)5)57-80-84(73,74)78-53-59(66)52-77-83(71,72)79-56-60(54-75-62(67)48-43-37-14-11-8-3)81-64(69)50-45-40-35-29-18-16-13-10-7-2/h58-61,66H,6-57H2,1-5H3,(H,71,72)(H,73,74)/t59-,60+,61+/m0/s1. The zero-order chi connectivity index (χ0) is 62.0. The Bertz CT molecular complexity index is 1640. The molecular formula is C65H126O17P2. The van der Waals surface area contributed by atoms with Crippen molar-refractivity contribution >= 4 is 39.5 Å². The maximum atomic E-state index is 13.0. The van der Waals surface area contributed by atoms with E-state index in [4.69, 9.17) is 37.0 Å². The van der Waals surface area contributed by atoms with E-state index in [9.17, 15) is 43.2 Å². The van der Waals surface area contributed by atoms with E-state index in [0.29, 0.717) is 25.7 Å². The topological polar surface area (TPSA) is 237 Å². The smallest absolute Gasteiger partial charge is 0.462 e. The number of rotatable bonds is 65. The molecule has 0 radical (unpaired) electrons. The number of aliphatic hydroxyl groups is 1. The molecule has 0 rings (SSSR count). The van der Waals surface area contributed by atoms with Gasteiger partial charge in [-0.1, -0.05) is 279 Å². The molecule has 0 aromatic rings. The van der Waals surface area contributed by atoms with Gasteiger partial charge in [0.15, 0.2) is 12.2 Å². The number of carbonyl (C=O) groups is 4. The number of hydrogen-bond donors (Lipinski definition) is 3. The molecule has 0 spiro atoms. The first-order valence-corrected chi connectivity index (χ1v) is 37.1. The summed E-state index contributed by atoms with van der Waals surface area (Å²) in [5, 5.41) is 10.5. The number of unbranched alkanes of at least 4 members (excludes halogenated alkanes) is 37. The van der Waals surface area contributed by atoms with Crippen molar-refractivity contribution in [1.82, 2.24) is 0 Å². The molecule has 0 aliphatic heterocycles. The molecule has 84 heavy (non-hydrogen) atoms. The lowest BCUT2D eigenvalue weighted by atomic mass is 10.0. The summed E-state index contributed by atoms with van der Waals surface area (Å²) in [6.45, 7) is 7.13. The largest absolute Gasteiger partial charge is 0.472 e. The minimum atomic E-state index is -4.94. The fourth-order valence-electron chi connectivity index (χ4n) is 9.76. The Morgan fingerprint density at radius 1 is 0.321 bits per heavy atom. The second-order valence-corrected chi connectivity index (χ2v) is 26.9. The second-order valence-electron chi connectivity index (χ2n) is 24.0. The van der Waals surface area contributed by atoms with Gasteiger partial charge in [0.05, 0.1) is 26.4 Å². The van der Waals surface area contributed by atoms with Gasteiger partial charge in [0, 0.05) is 25.7 Å². The van der Waals surface area contributed by atoms with Crippen molar-refractivity contribution in [2.75, 3.05) is 39.6 Å². The van der Waals surface area contributed by atoms with E-state index in [1.807, 2.05) is 0 Å². The molecule has 17 nitrogen and oxygen atoms in total. The number of carbonyl (C=O) groups excluding carboxylic acids is 4. The molecule has 0 heterocycles. The number of phosphoric ester groups is 2. The summed E-state index contributed by atoms with van der Waals surface area (Å²) < 4.78 is 67.8. The molecule has 19 heteroatoms. The summed E-state index contributed by atoms with van der Waals surface area (Å²) in [5.74, 6) is -1.33. The Hall–Kier alpha value is -1.94. The molecule has 0 aliphatic rings. The van der Waals surface area contributed by atoms with Crippen LogP contribution in [-0.2, 0) is 65.4 Å². The number of aliphatic hydroxyl groups excluding tert-OH is 1. The number of ether oxygens (including phenoxy) is 4. The highest BCUT2D eigenvalue weighted by molar-refractivity contribution is 7.47. The van der Waals surface area contributed by atoms with Gasteiger partial charge in [0.2, 0.25) is 0 Å². The van der Waals surface area contributed by atoms with Crippen LogP contribution in [0.25, 0.3) is 0 Å². The van der Waals surface area contributed by atoms with Crippen LogP contribution in [-0.4, -0.2) is 96.7 Å². The predicted octanol–water partition coefficient (Wildman–Crippen LogP) is 18.2. The van der Waals surface area contributed by atoms with Gasteiger partial charge in [-0.15, -0.1) is 0 Å². The molecule has 498 valence electrons. The van der Waals surface area contributed by atoms with E-state index in [-0.39, 0.29) is 25.7 Å². The van der Waals surface area contributed by atoms with Crippen LogP contribution in [0.1, 0.15) is 330 Å². The van der Waals surface area contributed by atoms with Gasteiger partial charge >= 0.3 is 39.5 Å². The van der Waals surface area contributed by atoms with Crippen molar-refractivity contribution in [3.63, 3.8) is 0 Å². The highest BCUT2D eigenvalue weighted by Crippen LogP contribution is 2.45. The number of hydrogen-bond acceptors (Lipinski definition) is 15. The summed E-state index contributed by atoms with van der Waals surface area (Å²) in [6.07, 6.45) is 43.5. The van der Waals surface area contributed by atoms with Gasteiger partial charge in [0.25, 0.3) is 0 Å². The van der Waals surface area contributed by atoms with Gasteiger partial charge in [0.1, 0.15) is 19.3 Å². The first-order valence-electron chi connectivity index (χ1n) is 34.1. The van der Waals surface area contributed by atoms with Crippen LogP contribution in [0, 0.1) is 5.92 Å². The zero-order valence-corrected chi connectivity index (χ0v) is 55.8. The van der Waals surface area contributed by atoms with Gasteiger partial charge in [-0.3, -0.25) is 37.3 Å². The van der Waals surface area contributed by atoms with Crippen LogP contribution in [0.4, 0.5) is 0 Å². The van der Waals surface area contributed by atoms with E-state index >= 15 is 0 Å². The molecule has 0 amide bonds. The number of phosphoric acid groups is 2. The van der Waals surface area contributed by atoms with E-state index < -0.39 is 97.5 Å². The molecule has 0 saturated carbocycles. The quantitative estimate of drug-likeness (QED) is 0.0222. The van der Waals surface area contributed by atoms with Crippen molar-refractivity contribution in [3.05, 3.63) is 0 Å². The van der Waals surface area contributed by atoms with E-state index in [2.05, 4.69) is 34.6 Å². The lowest BCUT2D eigenvalue weighted by Gasteiger charge is -2.21. The van der Waals surface area contributed by atoms with Crippen LogP contribution >= 0.6 is 15.6 Å². The SMILES string of the molecule is CCCCCCCCCCCCCC(=O)OC[C@H](COP(=O)(O)OC[C@@H](O)COP(=O)(O)OC[C@@H](COC(=O)CCCCCCC)OC(=O)CCCCCCCCCCC)OC(=O)CCCCCCCCCCCCCCCCCCC(C)C. The van der Waals surface area contributed by atoms with Gasteiger partial charge in [-0.2, -0.15) is 0 Å². The summed E-state index contributed by atoms with van der Waals surface area (Å²) in [5.41, 5.74) is 0. The predicted molar refractivity (Wildman–Crippen MR) is 335 cm³/mol. The molecule has 3 N–H and O–H groups in total. The fraction of sp³-hybridized carbons (Fsp3) is 0.938. The highest BCUT2D eigenvalue weighted by atomic mass is 31.2. The summed E-state index contributed by atoms with van der Waals surface area (Å²) in [4.78, 5) is 71.9. The normalized spacial score (nSPS) is 14.2. The monoisotopic (exact) mass is 1240 g/mol. The minimum Gasteiger partial charge on any atom is -0.462 e. The Kier molecular flexibility index (Phi) is 57.4. The van der Waals surface area contributed by atoms with E-state index in [1.54, 1.807) is 0 Å². The molecule has 5 atom stereocenters. The molecule has 0 fully saturated rings. The first-order chi connectivity index (χ1) is 40.5. The molecule has 0 aromatic heterocycles. The average molecular weight is 1240 g/mol. The van der Waals surface area contributed by atoms with Crippen LogP contribution in [0.15, 0.2) is 0 Å². The lowest BCUT2D eigenvalue weighted by Crippen LogP contribution is -2.30. The molecule has 0 bridgehead atoms. The molecule has 0 aliphatic carbocycles. The van der Waals surface area contributed by atoms with Crippen molar-refractivity contribution in [2.24, 2.45) is 5.92 Å². The van der Waals surface area contributed by atoms with Crippen LogP contribution in [0.2, 0.25) is 0 Å². The maximum Gasteiger partial charge on any atom is 0.472 e. The van der Waals surface area contributed by atoms with Crippen LogP contribution < -0.4 is 0 Å². The number of esters is 4. The summed E-state index contributed by atoms with van der Waals surface area (Å²) >= 11 is 0. The minimum absolute atomic E-state index is 0.105. The zero-order valence-electron chi connectivity index (χ0n) is 54.0.